The number of benzene rings is 2. The Bertz CT molecular complexity index is 811. The first-order valence-corrected chi connectivity index (χ1v) is 9.36. The van der Waals surface area contributed by atoms with Crippen molar-refractivity contribution in [2.75, 3.05) is 5.32 Å². The van der Waals surface area contributed by atoms with Gasteiger partial charge in [0, 0.05) is 12.2 Å². The zero-order chi connectivity index (χ0) is 17.7. The molecule has 6 heteroatoms. The van der Waals surface area contributed by atoms with Crippen molar-refractivity contribution in [1.82, 2.24) is 0 Å². The Labute approximate surface area is 142 Å². The average Bonchev–Trinajstić information content (AvgIpc) is 2.53. The van der Waals surface area contributed by atoms with Crippen LogP contribution in [-0.2, 0) is 22.1 Å². The summed E-state index contributed by atoms with van der Waals surface area (Å²) < 4.78 is 24.0. The minimum atomic E-state index is -3.13. The molecule has 2 N–H and O–H groups in total. The van der Waals surface area contributed by atoms with E-state index in [0.717, 1.165) is 16.8 Å². The van der Waals surface area contributed by atoms with Gasteiger partial charge >= 0.3 is 5.97 Å². The largest absolute Gasteiger partial charge is 0.478 e. The molecule has 24 heavy (non-hydrogen) atoms. The lowest BCUT2D eigenvalue weighted by atomic mass is 10.1. The molecule has 0 aromatic heterocycles. The number of rotatable bonds is 7. The number of carbonyl (C=O) groups is 1. The van der Waals surface area contributed by atoms with Crippen LogP contribution in [0.4, 0.5) is 5.69 Å². The molecular weight excluding hydrogens is 326 g/mol. The van der Waals surface area contributed by atoms with Gasteiger partial charge in [-0.3, -0.25) is 0 Å². The Morgan fingerprint density at radius 1 is 1.08 bits per heavy atom. The average molecular weight is 347 g/mol. The highest BCUT2D eigenvalue weighted by atomic mass is 32.2. The van der Waals surface area contributed by atoms with Crippen molar-refractivity contribution in [1.29, 1.82) is 0 Å². The summed E-state index contributed by atoms with van der Waals surface area (Å²) in [6, 6.07) is 13.9. The molecule has 5 nitrogen and oxygen atoms in total. The first-order chi connectivity index (χ1) is 11.3. The standard InChI is InChI=1S/C18H21NO4S/c1-13(2)24(22,23)12-15-4-3-5-17(10-15)19-11-14-6-8-16(9-7-14)18(20)21/h3-10,13,19H,11-12H2,1-2H3,(H,20,21). The van der Waals surface area contributed by atoms with Crippen LogP contribution in [0, 0.1) is 0 Å². The molecule has 0 atom stereocenters. The summed E-state index contributed by atoms with van der Waals surface area (Å²) in [6.45, 7) is 3.89. The molecule has 0 aliphatic heterocycles. The van der Waals surface area contributed by atoms with E-state index in [1.807, 2.05) is 18.2 Å². The van der Waals surface area contributed by atoms with Gasteiger partial charge < -0.3 is 10.4 Å². The molecule has 0 saturated carbocycles. The van der Waals surface area contributed by atoms with E-state index in [2.05, 4.69) is 5.32 Å². The Balaban J connectivity index is 2.03. The van der Waals surface area contributed by atoms with Crippen LogP contribution in [0.25, 0.3) is 0 Å². The molecule has 0 radical (unpaired) electrons. The number of hydrogen-bond donors (Lipinski definition) is 2. The van der Waals surface area contributed by atoms with E-state index >= 15 is 0 Å². The van der Waals surface area contributed by atoms with E-state index in [4.69, 9.17) is 5.11 Å². The number of carboxylic acid groups (broad SMARTS) is 1. The second-order valence-electron chi connectivity index (χ2n) is 5.91. The molecule has 0 amide bonds. The van der Waals surface area contributed by atoms with Crippen LogP contribution in [-0.4, -0.2) is 24.7 Å². The first kappa shape index (κ1) is 18.0. The number of nitrogens with one attached hydrogen (secondary N) is 1. The maximum Gasteiger partial charge on any atom is 0.335 e. The van der Waals surface area contributed by atoms with Gasteiger partial charge in [-0.1, -0.05) is 24.3 Å². The molecular formula is C18H21NO4S. The fourth-order valence-corrected chi connectivity index (χ4v) is 3.12. The van der Waals surface area contributed by atoms with Gasteiger partial charge in [0.1, 0.15) is 0 Å². The molecule has 0 unspecified atom stereocenters. The van der Waals surface area contributed by atoms with Crippen LogP contribution < -0.4 is 5.32 Å². The third kappa shape index (κ3) is 4.83. The van der Waals surface area contributed by atoms with Crippen molar-refractivity contribution in [2.45, 2.75) is 31.4 Å². The highest BCUT2D eigenvalue weighted by molar-refractivity contribution is 7.91. The lowest BCUT2D eigenvalue weighted by molar-refractivity contribution is 0.0697. The van der Waals surface area contributed by atoms with Crippen LogP contribution in [0.5, 0.6) is 0 Å². The van der Waals surface area contributed by atoms with Gasteiger partial charge in [0.2, 0.25) is 0 Å². The predicted octanol–water partition coefficient (Wildman–Crippen LogP) is 3.32. The Kier molecular flexibility index (Phi) is 5.62. The van der Waals surface area contributed by atoms with Crippen molar-refractivity contribution in [3.8, 4) is 0 Å². The van der Waals surface area contributed by atoms with Gasteiger partial charge in [0.15, 0.2) is 9.84 Å². The van der Waals surface area contributed by atoms with Crippen LogP contribution in [0.2, 0.25) is 0 Å². The molecule has 2 aromatic carbocycles. The molecule has 2 aromatic rings. The molecule has 0 fully saturated rings. The summed E-state index contributed by atoms with van der Waals surface area (Å²) in [5, 5.41) is 11.7. The maximum absolute atomic E-state index is 12.0. The number of anilines is 1. The first-order valence-electron chi connectivity index (χ1n) is 7.64. The zero-order valence-corrected chi connectivity index (χ0v) is 14.5. The Hall–Kier alpha value is -2.34. The monoisotopic (exact) mass is 347 g/mol. The fourth-order valence-electron chi connectivity index (χ4n) is 2.14. The van der Waals surface area contributed by atoms with Crippen LogP contribution in [0.1, 0.15) is 35.3 Å². The topological polar surface area (TPSA) is 83.5 Å². The Morgan fingerprint density at radius 2 is 1.75 bits per heavy atom. The molecule has 0 bridgehead atoms. The van der Waals surface area contributed by atoms with Crippen molar-refractivity contribution < 1.29 is 18.3 Å². The van der Waals surface area contributed by atoms with Gasteiger partial charge in [0.05, 0.1) is 16.6 Å². The smallest absolute Gasteiger partial charge is 0.335 e. The van der Waals surface area contributed by atoms with Gasteiger partial charge in [-0.25, -0.2) is 13.2 Å². The second-order valence-corrected chi connectivity index (χ2v) is 8.47. The van der Waals surface area contributed by atoms with Crippen LogP contribution >= 0.6 is 0 Å². The van der Waals surface area contributed by atoms with Gasteiger partial charge in [0.25, 0.3) is 0 Å². The lowest BCUT2D eigenvalue weighted by Gasteiger charge is -2.11. The molecule has 2 rings (SSSR count). The Morgan fingerprint density at radius 3 is 2.33 bits per heavy atom. The number of aromatic carboxylic acids is 1. The molecule has 128 valence electrons. The molecule has 0 saturated heterocycles. The predicted molar refractivity (Wildman–Crippen MR) is 94.9 cm³/mol. The zero-order valence-electron chi connectivity index (χ0n) is 13.7. The van der Waals surface area contributed by atoms with E-state index in [1.54, 1.807) is 44.2 Å². The lowest BCUT2D eigenvalue weighted by Crippen LogP contribution is -2.16. The van der Waals surface area contributed by atoms with Crippen molar-refractivity contribution >= 4 is 21.5 Å². The van der Waals surface area contributed by atoms with Crippen molar-refractivity contribution in [3.05, 3.63) is 65.2 Å². The van der Waals surface area contributed by atoms with E-state index in [1.165, 1.54) is 0 Å². The minimum absolute atomic E-state index is 0.0213. The number of hydrogen-bond acceptors (Lipinski definition) is 4. The number of sulfone groups is 1. The SMILES string of the molecule is CC(C)S(=O)(=O)Cc1cccc(NCc2ccc(C(=O)O)cc2)c1. The fraction of sp³-hybridized carbons (Fsp3) is 0.278. The maximum atomic E-state index is 12.0. The van der Waals surface area contributed by atoms with E-state index in [-0.39, 0.29) is 11.3 Å². The highest BCUT2D eigenvalue weighted by Crippen LogP contribution is 2.16. The summed E-state index contributed by atoms with van der Waals surface area (Å²) >= 11 is 0. The molecule has 0 heterocycles. The summed E-state index contributed by atoms with van der Waals surface area (Å²) in [6.07, 6.45) is 0. The third-order valence-electron chi connectivity index (χ3n) is 3.71. The van der Waals surface area contributed by atoms with Gasteiger partial charge in [-0.2, -0.15) is 0 Å². The van der Waals surface area contributed by atoms with E-state index in [9.17, 15) is 13.2 Å². The van der Waals surface area contributed by atoms with E-state index < -0.39 is 21.1 Å². The van der Waals surface area contributed by atoms with Crippen molar-refractivity contribution in [2.24, 2.45) is 0 Å². The summed E-state index contributed by atoms with van der Waals surface area (Å²) in [4.78, 5) is 10.8. The van der Waals surface area contributed by atoms with Crippen molar-refractivity contribution in [3.63, 3.8) is 0 Å². The third-order valence-corrected chi connectivity index (χ3v) is 5.88. The molecule has 0 aliphatic rings. The second kappa shape index (κ2) is 7.49. The normalized spacial score (nSPS) is 11.5. The van der Waals surface area contributed by atoms with E-state index in [0.29, 0.717) is 6.54 Å². The number of carboxylic acids is 1. The van der Waals surface area contributed by atoms with Gasteiger partial charge in [-0.05, 0) is 49.2 Å². The summed E-state index contributed by atoms with van der Waals surface area (Å²) in [7, 11) is -3.13. The highest BCUT2D eigenvalue weighted by Gasteiger charge is 2.16. The minimum Gasteiger partial charge on any atom is -0.478 e. The van der Waals surface area contributed by atoms with Crippen LogP contribution in [0.3, 0.4) is 0 Å². The van der Waals surface area contributed by atoms with Crippen LogP contribution in [0.15, 0.2) is 48.5 Å². The molecule has 0 spiro atoms. The van der Waals surface area contributed by atoms with Gasteiger partial charge in [-0.15, -0.1) is 0 Å². The quantitative estimate of drug-likeness (QED) is 0.803. The summed E-state index contributed by atoms with van der Waals surface area (Å²) in [5.41, 5.74) is 2.77. The molecule has 0 aliphatic carbocycles. The summed E-state index contributed by atoms with van der Waals surface area (Å²) in [5.74, 6) is -0.929.